The predicted molar refractivity (Wildman–Crippen MR) is 128 cm³/mol. The zero-order chi connectivity index (χ0) is 22.2. The number of carbonyl (C=O) groups is 2. The molecule has 5 rings (SSSR count). The van der Waals surface area contributed by atoms with E-state index in [1.54, 1.807) is 11.3 Å². The second-order valence-electron chi connectivity index (χ2n) is 9.28. The first kappa shape index (κ1) is 21.6. The molecule has 1 saturated carbocycles. The number of amides is 3. The van der Waals surface area contributed by atoms with Crippen molar-refractivity contribution >= 4 is 44.9 Å². The number of thiazole rings is 2. The molecule has 10 heteroatoms. The standard InChI is InChI=1S/C22H30N6O2S2/c1-13-18(32-20(24-13)26-21(30)28-9-3-6-17(28)19(23)29)16-12-31-22(25-16)27-10-14-4-2-5-15(11-27)8-7-14/h12,14-15,17H,2-11H2,1H3,(H2,23,29)(H,24,26,30)/t14?,15?,17-/m0/s1. The SMILES string of the molecule is Cc1nc(NC(=O)N2CCC[C@H]2C(N)=O)sc1-c1csc(N2CC3CCCC(CC3)C2)n1. The van der Waals surface area contributed by atoms with E-state index in [-0.39, 0.29) is 6.03 Å². The van der Waals surface area contributed by atoms with Crippen molar-refractivity contribution in [2.24, 2.45) is 17.6 Å². The summed E-state index contributed by atoms with van der Waals surface area (Å²) in [4.78, 5) is 38.8. The average molecular weight is 475 g/mol. The molecule has 2 bridgehead atoms. The second-order valence-corrected chi connectivity index (χ2v) is 11.1. The Morgan fingerprint density at radius 3 is 2.56 bits per heavy atom. The fourth-order valence-corrected chi connectivity index (χ4v) is 7.17. The number of hydrogen-bond acceptors (Lipinski definition) is 7. The van der Waals surface area contributed by atoms with Crippen LogP contribution in [-0.2, 0) is 4.79 Å². The molecule has 3 aliphatic rings. The molecule has 172 valence electrons. The van der Waals surface area contributed by atoms with Crippen LogP contribution in [0.2, 0.25) is 0 Å². The Balaban J connectivity index is 1.30. The van der Waals surface area contributed by atoms with Crippen LogP contribution < -0.4 is 16.0 Å². The van der Waals surface area contributed by atoms with Crippen molar-refractivity contribution in [3.63, 3.8) is 0 Å². The normalized spacial score (nSPS) is 25.6. The van der Waals surface area contributed by atoms with Crippen LogP contribution >= 0.6 is 22.7 Å². The summed E-state index contributed by atoms with van der Waals surface area (Å²) < 4.78 is 0. The number of likely N-dealkylation sites (tertiary alicyclic amines) is 1. The van der Waals surface area contributed by atoms with Gasteiger partial charge in [0.1, 0.15) is 6.04 Å². The molecule has 0 radical (unpaired) electrons. The molecule has 32 heavy (non-hydrogen) atoms. The molecule has 3 atom stereocenters. The Labute approximate surface area is 196 Å². The fourth-order valence-electron chi connectivity index (χ4n) is 5.34. The highest BCUT2D eigenvalue weighted by molar-refractivity contribution is 7.20. The first-order valence-corrected chi connectivity index (χ1v) is 13.2. The highest BCUT2D eigenvalue weighted by atomic mass is 32.1. The first-order chi connectivity index (χ1) is 15.5. The minimum atomic E-state index is -0.537. The van der Waals surface area contributed by atoms with Gasteiger partial charge in [-0.2, -0.15) is 0 Å². The predicted octanol–water partition coefficient (Wildman–Crippen LogP) is 4.07. The third-order valence-corrected chi connectivity index (χ3v) is 9.01. The van der Waals surface area contributed by atoms with E-state index in [2.05, 4.69) is 20.6 Å². The van der Waals surface area contributed by atoms with Gasteiger partial charge >= 0.3 is 6.03 Å². The number of carbonyl (C=O) groups excluding carboxylic acids is 2. The number of fused-ring (bicyclic) bond motifs is 3. The Morgan fingerprint density at radius 2 is 1.84 bits per heavy atom. The number of aryl methyl sites for hydroxylation is 1. The van der Waals surface area contributed by atoms with Gasteiger partial charge in [-0.1, -0.05) is 17.8 Å². The van der Waals surface area contributed by atoms with Crippen molar-refractivity contribution in [3.8, 4) is 10.6 Å². The summed E-state index contributed by atoms with van der Waals surface area (Å²) >= 11 is 3.13. The molecule has 0 aromatic carbocycles. The summed E-state index contributed by atoms with van der Waals surface area (Å²) in [6.07, 6.45) is 8.16. The van der Waals surface area contributed by atoms with Crippen LogP contribution in [0.4, 0.5) is 15.1 Å². The number of rotatable bonds is 4. The molecule has 3 fully saturated rings. The maximum Gasteiger partial charge on any atom is 0.324 e. The number of nitrogens with two attached hydrogens (primary N) is 1. The van der Waals surface area contributed by atoms with Crippen LogP contribution in [0.5, 0.6) is 0 Å². The summed E-state index contributed by atoms with van der Waals surface area (Å²) in [6.45, 7) is 4.70. The van der Waals surface area contributed by atoms with E-state index in [0.29, 0.717) is 18.1 Å². The van der Waals surface area contributed by atoms with Crippen molar-refractivity contribution in [3.05, 3.63) is 11.1 Å². The van der Waals surface area contributed by atoms with Crippen LogP contribution in [0.15, 0.2) is 5.38 Å². The number of nitrogens with one attached hydrogen (secondary N) is 1. The van der Waals surface area contributed by atoms with Gasteiger partial charge in [-0.3, -0.25) is 10.1 Å². The molecule has 2 aromatic rings. The Kier molecular flexibility index (Phi) is 6.07. The Hall–Kier alpha value is -2.20. The summed E-state index contributed by atoms with van der Waals surface area (Å²) in [7, 11) is 0. The zero-order valence-electron chi connectivity index (χ0n) is 18.4. The van der Waals surface area contributed by atoms with Gasteiger partial charge < -0.3 is 15.5 Å². The molecule has 2 aliphatic heterocycles. The maximum atomic E-state index is 12.7. The monoisotopic (exact) mass is 474 g/mol. The maximum absolute atomic E-state index is 12.7. The smallest absolute Gasteiger partial charge is 0.324 e. The number of urea groups is 1. The van der Waals surface area contributed by atoms with E-state index in [4.69, 9.17) is 10.7 Å². The highest BCUT2D eigenvalue weighted by Crippen LogP contribution is 2.39. The fraction of sp³-hybridized carbons (Fsp3) is 0.636. The lowest BCUT2D eigenvalue weighted by Crippen LogP contribution is -2.45. The van der Waals surface area contributed by atoms with Gasteiger partial charge in [-0.25, -0.2) is 14.8 Å². The molecule has 1 aliphatic carbocycles. The van der Waals surface area contributed by atoms with Crippen molar-refractivity contribution in [2.75, 3.05) is 29.9 Å². The minimum absolute atomic E-state index is 0.318. The van der Waals surface area contributed by atoms with E-state index >= 15 is 0 Å². The quantitative estimate of drug-likeness (QED) is 0.695. The molecule has 3 amide bonds. The van der Waals surface area contributed by atoms with Gasteiger partial charge in [0.2, 0.25) is 5.91 Å². The summed E-state index contributed by atoms with van der Waals surface area (Å²) in [5.74, 6) is 1.12. The van der Waals surface area contributed by atoms with Gasteiger partial charge in [0.15, 0.2) is 10.3 Å². The number of aromatic nitrogens is 2. The average Bonchev–Trinajstić information content (AvgIpc) is 3.42. The van der Waals surface area contributed by atoms with Crippen LogP contribution in [0, 0.1) is 18.8 Å². The minimum Gasteiger partial charge on any atom is -0.368 e. The van der Waals surface area contributed by atoms with E-state index < -0.39 is 11.9 Å². The van der Waals surface area contributed by atoms with Crippen molar-refractivity contribution < 1.29 is 9.59 Å². The van der Waals surface area contributed by atoms with Gasteiger partial charge in [-0.05, 0) is 57.3 Å². The Morgan fingerprint density at radius 1 is 1.09 bits per heavy atom. The topological polar surface area (TPSA) is 104 Å². The van der Waals surface area contributed by atoms with Gasteiger partial charge in [-0.15, -0.1) is 11.3 Å². The molecule has 4 heterocycles. The summed E-state index contributed by atoms with van der Waals surface area (Å²) in [6, 6.07) is -0.855. The van der Waals surface area contributed by atoms with E-state index in [9.17, 15) is 9.59 Å². The van der Waals surface area contributed by atoms with Crippen LogP contribution in [-0.4, -0.2) is 52.5 Å². The second kappa shape index (κ2) is 8.97. The lowest BCUT2D eigenvalue weighted by Gasteiger charge is -2.28. The van der Waals surface area contributed by atoms with Gasteiger partial charge in [0.25, 0.3) is 0 Å². The number of nitrogens with zero attached hydrogens (tertiary/aromatic N) is 4. The number of anilines is 2. The number of primary amides is 1. The van der Waals surface area contributed by atoms with Gasteiger partial charge in [0, 0.05) is 25.0 Å². The molecule has 2 saturated heterocycles. The van der Waals surface area contributed by atoms with E-state index in [1.165, 1.54) is 48.3 Å². The zero-order valence-corrected chi connectivity index (χ0v) is 20.0. The van der Waals surface area contributed by atoms with Crippen LogP contribution in [0.1, 0.15) is 50.6 Å². The summed E-state index contributed by atoms with van der Waals surface area (Å²) in [5.41, 5.74) is 7.21. The largest absolute Gasteiger partial charge is 0.368 e. The Bertz CT molecular complexity index is 990. The molecule has 3 N–H and O–H groups in total. The first-order valence-electron chi connectivity index (χ1n) is 11.5. The van der Waals surface area contributed by atoms with Crippen LogP contribution in [0.25, 0.3) is 10.6 Å². The molecule has 8 nitrogen and oxygen atoms in total. The third-order valence-electron chi connectivity index (χ3n) is 7.01. The summed E-state index contributed by atoms with van der Waals surface area (Å²) in [5, 5.41) is 6.58. The van der Waals surface area contributed by atoms with Gasteiger partial charge in [0.05, 0.1) is 16.3 Å². The highest BCUT2D eigenvalue weighted by Gasteiger charge is 2.33. The number of hydrogen-bond donors (Lipinski definition) is 2. The van der Waals surface area contributed by atoms with Crippen molar-refractivity contribution in [2.45, 2.75) is 57.9 Å². The van der Waals surface area contributed by atoms with Crippen molar-refractivity contribution in [1.82, 2.24) is 14.9 Å². The van der Waals surface area contributed by atoms with Crippen molar-refractivity contribution in [1.29, 1.82) is 0 Å². The molecular formula is C22H30N6O2S2. The molecule has 2 unspecified atom stereocenters. The lowest BCUT2D eigenvalue weighted by molar-refractivity contribution is -0.121. The lowest BCUT2D eigenvalue weighted by atomic mass is 10.00. The molecular weight excluding hydrogens is 444 g/mol. The molecule has 0 spiro atoms. The van der Waals surface area contributed by atoms with E-state index in [0.717, 1.165) is 52.7 Å². The van der Waals surface area contributed by atoms with Crippen LogP contribution in [0.3, 0.4) is 0 Å². The third kappa shape index (κ3) is 4.34. The van der Waals surface area contributed by atoms with E-state index in [1.807, 2.05) is 6.92 Å². The molecule has 2 aromatic heterocycles.